The molecule has 0 spiro atoms. The molecule has 0 saturated heterocycles. The van der Waals surface area contributed by atoms with Crippen molar-refractivity contribution in [2.75, 3.05) is 43.9 Å². The van der Waals surface area contributed by atoms with Gasteiger partial charge in [0.25, 0.3) is 0 Å². The van der Waals surface area contributed by atoms with E-state index >= 15 is 0 Å². The van der Waals surface area contributed by atoms with E-state index < -0.39 is 0 Å². The van der Waals surface area contributed by atoms with Gasteiger partial charge in [0.05, 0.1) is 12.2 Å². The Balaban J connectivity index is 0.00000131. The van der Waals surface area contributed by atoms with Crippen molar-refractivity contribution in [1.82, 2.24) is 15.3 Å². The van der Waals surface area contributed by atoms with Crippen LogP contribution in [0.3, 0.4) is 0 Å². The van der Waals surface area contributed by atoms with Crippen LogP contribution in [0.4, 0.5) is 11.8 Å². The highest BCUT2D eigenvalue weighted by molar-refractivity contribution is 5.85. The van der Waals surface area contributed by atoms with Gasteiger partial charge < -0.3 is 25.4 Å². The highest BCUT2D eigenvalue weighted by Gasteiger charge is 2.25. The van der Waals surface area contributed by atoms with Crippen LogP contribution in [0.1, 0.15) is 11.3 Å². The van der Waals surface area contributed by atoms with E-state index in [4.69, 9.17) is 15.2 Å². The van der Waals surface area contributed by atoms with Gasteiger partial charge in [0, 0.05) is 25.6 Å². The number of hydrogen-bond donors (Lipinski definition) is 2. The maximum Gasteiger partial charge on any atom is 0.222 e. The first kappa shape index (κ1) is 21.3. The van der Waals surface area contributed by atoms with E-state index in [1.807, 2.05) is 31.3 Å². The van der Waals surface area contributed by atoms with Gasteiger partial charge in [-0.3, -0.25) is 0 Å². The van der Waals surface area contributed by atoms with Crippen molar-refractivity contribution in [3.8, 4) is 11.5 Å². The molecule has 7 nitrogen and oxygen atoms in total. The number of ether oxygens (including phenoxy) is 2. The Kier molecular flexibility index (Phi) is 7.35. The Morgan fingerprint density at radius 2 is 1.89 bits per heavy atom. The molecule has 0 saturated carbocycles. The average molecular weight is 414 g/mol. The molecule has 1 aromatic carbocycles. The van der Waals surface area contributed by atoms with E-state index in [9.17, 15) is 0 Å². The molecule has 2 aromatic rings. The number of likely N-dealkylation sites (N-methyl/N-ethyl adjacent to an activating group) is 1. The summed E-state index contributed by atoms with van der Waals surface area (Å²) in [5.74, 6) is 2.81. The fourth-order valence-electron chi connectivity index (χ4n) is 3.40. The van der Waals surface area contributed by atoms with E-state index in [0.29, 0.717) is 19.1 Å². The lowest BCUT2D eigenvalue weighted by molar-refractivity contribution is 0.0959. The van der Waals surface area contributed by atoms with Gasteiger partial charge in [0.15, 0.2) is 17.6 Å². The number of para-hydroxylation sites is 2. The van der Waals surface area contributed by atoms with Gasteiger partial charge in [-0.05, 0) is 25.1 Å². The zero-order valence-electron chi connectivity index (χ0n) is 15.2. The van der Waals surface area contributed by atoms with Crippen molar-refractivity contribution in [3.63, 3.8) is 0 Å². The van der Waals surface area contributed by atoms with E-state index in [-0.39, 0.29) is 30.9 Å². The molecule has 0 bridgehead atoms. The number of nitrogen functional groups attached to an aromatic ring is 1. The van der Waals surface area contributed by atoms with Gasteiger partial charge in [-0.25, -0.2) is 4.98 Å². The van der Waals surface area contributed by atoms with Crippen LogP contribution in [0.2, 0.25) is 0 Å². The van der Waals surface area contributed by atoms with Crippen molar-refractivity contribution < 1.29 is 9.47 Å². The summed E-state index contributed by atoms with van der Waals surface area (Å²) >= 11 is 0. The molecule has 1 unspecified atom stereocenters. The normalized spacial score (nSPS) is 17.6. The predicted octanol–water partition coefficient (Wildman–Crippen LogP) is 1.87. The molecular formula is C18H25Cl2N5O2. The first-order valence-electron chi connectivity index (χ1n) is 8.66. The molecule has 0 amide bonds. The Morgan fingerprint density at radius 1 is 1.15 bits per heavy atom. The van der Waals surface area contributed by atoms with Crippen LogP contribution in [0.25, 0.3) is 0 Å². The van der Waals surface area contributed by atoms with Crippen LogP contribution in [0, 0.1) is 0 Å². The first-order chi connectivity index (χ1) is 12.2. The molecule has 0 fully saturated rings. The molecule has 0 radical (unpaired) electrons. The third-order valence-electron chi connectivity index (χ3n) is 4.59. The smallest absolute Gasteiger partial charge is 0.222 e. The van der Waals surface area contributed by atoms with E-state index in [1.165, 1.54) is 5.56 Å². The summed E-state index contributed by atoms with van der Waals surface area (Å²) in [6, 6.07) is 7.75. The van der Waals surface area contributed by atoms with Crippen molar-refractivity contribution in [3.05, 3.63) is 35.5 Å². The summed E-state index contributed by atoms with van der Waals surface area (Å²) in [6.45, 7) is 3.04. The molecule has 0 aliphatic carbocycles. The second-order valence-corrected chi connectivity index (χ2v) is 6.46. The van der Waals surface area contributed by atoms with Gasteiger partial charge in [-0.1, -0.05) is 12.1 Å². The van der Waals surface area contributed by atoms with Crippen molar-refractivity contribution >= 4 is 36.6 Å². The number of rotatable bonds is 3. The van der Waals surface area contributed by atoms with Gasteiger partial charge >= 0.3 is 0 Å². The van der Waals surface area contributed by atoms with E-state index in [2.05, 4.69) is 20.2 Å². The summed E-state index contributed by atoms with van der Waals surface area (Å²) < 4.78 is 11.9. The fraction of sp³-hybridized carbons (Fsp3) is 0.444. The van der Waals surface area contributed by atoms with Crippen molar-refractivity contribution in [2.24, 2.45) is 0 Å². The molecule has 27 heavy (non-hydrogen) atoms. The summed E-state index contributed by atoms with van der Waals surface area (Å²) in [7, 11) is 2.02. The lowest BCUT2D eigenvalue weighted by atomic mass is 10.1. The lowest BCUT2D eigenvalue weighted by Crippen LogP contribution is -2.40. The minimum atomic E-state index is -0.0596. The topological polar surface area (TPSA) is 85.5 Å². The minimum Gasteiger partial charge on any atom is -0.486 e. The van der Waals surface area contributed by atoms with Crippen molar-refractivity contribution in [2.45, 2.75) is 18.9 Å². The van der Waals surface area contributed by atoms with Crippen LogP contribution < -0.4 is 25.4 Å². The summed E-state index contributed by atoms with van der Waals surface area (Å²) in [5.41, 5.74) is 8.17. The Hall–Kier alpha value is -1.96. The van der Waals surface area contributed by atoms with Gasteiger partial charge in [0.1, 0.15) is 12.4 Å². The van der Waals surface area contributed by atoms with E-state index in [1.54, 1.807) is 0 Å². The third kappa shape index (κ3) is 4.66. The number of nitrogens with one attached hydrogen (secondary N) is 1. The summed E-state index contributed by atoms with van der Waals surface area (Å²) in [4.78, 5) is 11.0. The summed E-state index contributed by atoms with van der Waals surface area (Å²) in [5, 5.41) is 3.40. The average Bonchev–Trinajstić information content (AvgIpc) is 2.86. The van der Waals surface area contributed by atoms with Gasteiger partial charge in [-0.15, -0.1) is 24.8 Å². The van der Waals surface area contributed by atoms with Crippen LogP contribution in [-0.4, -0.2) is 49.4 Å². The molecule has 1 aromatic heterocycles. The van der Waals surface area contributed by atoms with Crippen LogP contribution >= 0.6 is 24.8 Å². The van der Waals surface area contributed by atoms with Crippen LogP contribution in [-0.2, 0) is 12.8 Å². The lowest BCUT2D eigenvalue weighted by Gasteiger charge is -2.31. The maximum atomic E-state index is 6.07. The minimum absolute atomic E-state index is 0. The number of nitrogens with two attached hydrogens (primary N) is 1. The van der Waals surface area contributed by atoms with Crippen molar-refractivity contribution in [1.29, 1.82) is 0 Å². The quantitative estimate of drug-likeness (QED) is 0.793. The highest BCUT2D eigenvalue weighted by atomic mass is 35.5. The second kappa shape index (κ2) is 9.30. The molecule has 2 aliphatic heterocycles. The number of halogens is 2. The highest BCUT2D eigenvalue weighted by Crippen LogP contribution is 2.31. The van der Waals surface area contributed by atoms with Gasteiger partial charge in [-0.2, -0.15) is 4.98 Å². The zero-order valence-corrected chi connectivity index (χ0v) is 16.8. The van der Waals surface area contributed by atoms with Gasteiger partial charge in [0.2, 0.25) is 5.95 Å². The fourth-order valence-corrected chi connectivity index (χ4v) is 3.40. The molecule has 148 valence electrons. The number of fused-ring (bicyclic) bond motifs is 2. The second-order valence-electron chi connectivity index (χ2n) is 6.46. The Morgan fingerprint density at radius 3 is 2.70 bits per heavy atom. The Labute approximate surface area is 171 Å². The molecule has 9 heteroatoms. The molecule has 4 rings (SSSR count). The first-order valence-corrected chi connectivity index (χ1v) is 8.66. The zero-order chi connectivity index (χ0) is 17.2. The molecule has 3 N–H and O–H groups in total. The maximum absolute atomic E-state index is 6.07. The number of aromatic nitrogens is 2. The largest absolute Gasteiger partial charge is 0.486 e. The number of nitrogens with zero attached hydrogens (tertiary/aromatic N) is 3. The van der Waals surface area contributed by atoms with Crippen LogP contribution in [0.5, 0.6) is 11.5 Å². The molecular weight excluding hydrogens is 389 g/mol. The standard InChI is InChI=1S/C18H23N5O2.2ClH/c1-23(10-12-11-24-15-4-2-3-5-16(15)25-12)17-13-6-8-20-9-7-14(13)21-18(19)22-17;;/h2-5,12,20H,6-11H2,1H3,(H2,19,21,22);2*1H. The number of hydrogen-bond acceptors (Lipinski definition) is 7. The Bertz CT molecular complexity index is 777. The van der Waals surface area contributed by atoms with Crippen LogP contribution in [0.15, 0.2) is 24.3 Å². The number of anilines is 2. The third-order valence-corrected chi connectivity index (χ3v) is 4.59. The predicted molar refractivity (Wildman–Crippen MR) is 111 cm³/mol. The monoisotopic (exact) mass is 413 g/mol. The molecule has 2 aliphatic rings. The summed E-state index contributed by atoms with van der Waals surface area (Å²) in [6.07, 6.45) is 1.72. The number of benzene rings is 1. The van der Waals surface area contributed by atoms with E-state index in [0.717, 1.165) is 48.9 Å². The molecule has 1 atom stereocenters. The molecule has 3 heterocycles. The SMILES string of the molecule is CN(CC1COc2ccccc2O1)c1nc(N)nc2c1CCNCC2.Cl.Cl.